The quantitative estimate of drug-likeness (QED) is 0.583. The fourth-order valence-electron chi connectivity index (χ4n) is 1.88. The Morgan fingerprint density at radius 3 is 2.78 bits per heavy atom. The summed E-state index contributed by atoms with van der Waals surface area (Å²) in [7, 11) is 1.50. The van der Waals surface area contributed by atoms with E-state index in [4.69, 9.17) is 16.3 Å². The van der Waals surface area contributed by atoms with Crippen molar-refractivity contribution in [3.8, 4) is 5.75 Å². The molecule has 0 bridgehead atoms. The first-order chi connectivity index (χ1) is 8.61. The molecule has 18 heavy (non-hydrogen) atoms. The highest BCUT2D eigenvalue weighted by Crippen LogP contribution is 2.33. The van der Waals surface area contributed by atoms with Crippen molar-refractivity contribution in [1.29, 1.82) is 0 Å². The number of hydrogen-bond donors (Lipinski definition) is 0. The molecule has 1 aromatic heterocycles. The predicted octanol–water partition coefficient (Wildman–Crippen LogP) is 2.21. The predicted molar refractivity (Wildman–Crippen MR) is 63.1 cm³/mol. The Morgan fingerprint density at radius 2 is 2.06 bits per heavy atom. The van der Waals surface area contributed by atoms with Crippen molar-refractivity contribution >= 4 is 34.4 Å². The molecule has 1 aromatic carbocycles. The van der Waals surface area contributed by atoms with Crippen molar-refractivity contribution in [2.24, 2.45) is 0 Å². The van der Waals surface area contributed by atoms with Gasteiger partial charge in [-0.3, -0.25) is 0 Å². The summed E-state index contributed by atoms with van der Waals surface area (Å²) in [6.45, 7) is 0. The molecule has 1 aliphatic rings. The topological polar surface area (TPSA) is 65.5 Å². The van der Waals surface area contributed by atoms with Crippen molar-refractivity contribution in [3.63, 3.8) is 0 Å². The SMILES string of the molecule is COc1ccc(Cl)c2nc3c(cc12)C(=O)OC3=O. The second kappa shape index (κ2) is 3.68. The molecule has 2 aromatic rings. The number of hydrogen-bond acceptors (Lipinski definition) is 5. The smallest absolute Gasteiger partial charge is 0.365 e. The van der Waals surface area contributed by atoms with Gasteiger partial charge in [0.2, 0.25) is 0 Å². The minimum atomic E-state index is -0.754. The maximum Gasteiger partial charge on any atom is 0.365 e. The zero-order valence-electron chi connectivity index (χ0n) is 9.19. The number of cyclic esters (lactones) is 2. The van der Waals surface area contributed by atoms with Gasteiger partial charge in [-0.2, -0.15) is 0 Å². The molecular formula is C12H6ClNO4. The summed E-state index contributed by atoms with van der Waals surface area (Å²) >= 11 is 6.02. The van der Waals surface area contributed by atoms with Gasteiger partial charge in [0.1, 0.15) is 5.75 Å². The van der Waals surface area contributed by atoms with Gasteiger partial charge in [0, 0.05) is 5.39 Å². The summed E-state index contributed by atoms with van der Waals surface area (Å²) in [4.78, 5) is 26.9. The third-order valence-electron chi connectivity index (χ3n) is 2.71. The normalized spacial score (nSPS) is 13.7. The first-order valence-corrected chi connectivity index (χ1v) is 5.43. The Bertz CT molecular complexity index is 711. The van der Waals surface area contributed by atoms with Crippen molar-refractivity contribution < 1.29 is 19.1 Å². The molecule has 1 aliphatic heterocycles. The van der Waals surface area contributed by atoms with Gasteiger partial charge < -0.3 is 9.47 Å². The third kappa shape index (κ3) is 1.37. The highest BCUT2D eigenvalue weighted by molar-refractivity contribution is 6.35. The highest BCUT2D eigenvalue weighted by atomic mass is 35.5. The maximum atomic E-state index is 11.4. The van der Waals surface area contributed by atoms with E-state index >= 15 is 0 Å². The molecule has 0 fully saturated rings. The molecule has 0 atom stereocenters. The van der Waals surface area contributed by atoms with Gasteiger partial charge in [0.25, 0.3) is 0 Å². The first-order valence-electron chi connectivity index (χ1n) is 5.05. The van der Waals surface area contributed by atoms with Gasteiger partial charge >= 0.3 is 11.9 Å². The molecule has 0 amide bonds. The van der Waals surface area contributed by atoms with E-state index in [9.17, 15) is 9.59 Å². The van der Waals surface area contributed by atoms with Crippen molar-refractivity contribution in [2.75, 3.05) is 7.11 Å². The number of pyridine rings is 1. The number of aromatic nitrogens is 1. The van der Waals surface area contributed by atoms with Gasteiger partial charge in [-0.1, -0.05) is 11.6 Å². The van der Waals surface area contributed by atoms with E-state index in [1.165, 1.54) is 13.2 Å². The number of nitrogens with zero attached hydrogens (tertiary/aromatic N) is 1. The van der Waals surface area contributed by atoms with Crippen molar-refractivity contribution in [1.82, 2.24) is 4.98 Å². The second-order valence-corrected chi connectivity index (χ2v) is 4.11. The minimum absolute atomic E-state index is 0.0114. The van der Waals surface area contributed by atoms with E-state index in [2.05, 4.69) is 9.72 Å². The van der Waals surface area contributed by atoms with E-state index in [0.717, 1.165) is 0 Å². The average Bonchev–Trinajstić information content (AvgIpc) is 2.64. The molecule has 0 radical (unpaired) electrons. The summed E-state index contributed by atoms with van der Waals surface area (Å²) in [5.74, 6) is -0.931. The number of carbonyl (C=O) groups is 2. The van der Waals surface area contributed by atoms with Gasteiger partial charge in [0.05, 0.1) is 23.2 Å². The fourth-order valence-corrected chi connectivity index (χ4v) is 2.08. The minimum Gasteiger partial charge on any atom is -0.496 e. The molecule has 3 rings (SSSR count). The van der Waals surface area contributed by atoms with Crippen LogP contribution in [0.25, 0.3) is 10.9 Å². The summed E-state index contributed by atoms with van der Waals surface area (Å²) < 4.78 is 9.66. The number of methoxy groups -OCH3 is 1. The van der Waals surface area contributed by atoms with Crippen LogP contribution in [0.4, 0.5) is 0 Å². The van der Waals surface area contributed by atoms with Crippen LogP contribution in [0.2, 0.25) is 5.02 Å². The number of rotatable bonds is 1. The van der Waals surface area contributed by atoms with Crippen LogP contribution in [0, 0.1) is 0 Å². The second-order valence-electron chi connectivity index (χ2n) is 3.71. The van der Waals surface area contributed by atoms with Crippen LogP contribution < -0.4 is 4.74 Å². The Labute approximate surface area is 106 Å². The third-order valence-corrected chi connectivity index (χ3v) is 3.02. The highest BCUT2D eigenvalue weighted by Gasteiger charge is 2.32. The number of ether oxygens (including phenoxy) is 2. The molecule has 0 unspecified atom stereocenters. The fraction of sp³-hybridized carbons (Fsp3) is 0.0833. The van der Waals surface area contributed by atoms with Crippen LogP contribution in [0.3, 0.4) is 0 Å². The Hall–Kier alpha value is -2.14. The molecule has 0 aliphatic carbocycles. The lowest BCUT2D eigenvalue weighted by atomic mass is 10.1. The van der Waals surface area contributed by atoms with Crippen LogP contribution in [0.15, 0.2) is 18.2 Å². The van der Waals surface area contributed by atoms with Gasteiger partial charge in [0.15, 0.2) is 5.69 Å². The molecule has 0 saturated carbocycles. The monoisotopic (exact) mass is 263 g/mol. The van der Waals surface area contributed by atoms with Gasteiger partial charge in [-0.05, 0) is 18.2 Å². The molecule has 2 heterocycles. The maximum absolute atomic E-state index is 11.4. The largest absolute Gasteiger partial charge is 0.496 e. The van der Waals surface area contributed by atoms with Gasteiger partial charge in [-0.15, -0.1) is 0 Å². The van der Waals surface area contributed by atoms with E-state index in [1.807, 2.05) is 0 Å². The van der Waals surface area contributed by atoms with Crippen molar-refractivity contribution in [2.45, 2.75) is 0 Å². The molecule has 0 spiro atoms. The summed E-state index contributed by atoms with van der Waals surface area (Å²) in [5.41, 5.74) is 0.525. The Balaban J connectivity index is 2.43. The zero-order valence-corrected chi connectivity index (χ0v) is 9.95. The Morgan fingerprint density at radius 1 is 1.28 bits per heavy atom. The first kappa shape index (κ1) is 11.0. The summed E-state index contributed by atoms with van der Waals surface area (Å²) in [5, 5.41) is 0.941. The molecule has 6 heteroatoms. The lowest BCUT2D eigenvalue weighted by molar-refractivity contribution is 0.0441. The van der Waals surface area contributed by atoms with Crippen LogP contribution in [0.5, 0.6) is 5.75 Å². The number of benzene rings is 1. The van der Waals surface area contributed by atoms with Crippen LogP contribution in [-0.2, 0) is 4.74 Å². The number of fused-ring (bicyclic) bond motifs is 2. The van der Waals surface area contributed by atoms with E-state index in [1.54, 1.807) is 12.1 Å². The number of halogens is 1. The number of esters is 2. The summed E-state index contributed by atoms with van der Waals surface area (Å²) in [6, 6.07) is 4.79. The van der Waals surface area contributed by atoms with E-state index in [-0.39, 0.29) is 11.3 Å². The molecule has 0 saturated heterocycles. The van der Waals surface area contributed by atoms with Gasteiger partial charge in [-0.25, -0.2) is 14.6 Å². The lowest BCUT2D eigenvalue weighted by Crippen LogP contribution is -1.99. The molecule has 0 N–H and O–H groups in total. The number of carbonyl (C=O) groups excluding carboxylic acids is 2. The molecular weight excluding hydrogens is 258 g/mol. The zero-order chi connectivity index (χ0) is 12.9. The standard InChI is InChI=1S/C12H6ClNO4/c1-17-8-3-2-7(13)9-5(8)4-6-10(14-9)12(16)18-11(6)15/h2-4H,1H3. The molecule has 90 valence electrons. The molecule has 5 nitrogen and oxygen atoms in total. The van der Waals surface area contributed by atoms with Crippen LogP contribution in [0.1, 0.15) is 20.8 Å². The van der Waals surface area contributed by atoms with Crippen LogP contribution in [-0.4, -0.2) is 24.0 Å². The van der Waals surface area contributed by atoms with E-state index in [0.29, 0.717) is 21.7 Å². The average molecular weight is 264 g/mol. The van der Waals surface area contributed by atoms with E-state index < -0.39 is 11.9 Å². The summed E-state index contributed by atoms with van der Waals surface area (Å²) in [6.07, 6.45) is 0. The van der Waals surface area contributed by atoms with Crippen molar-refractivity contribution in [3.05, 3.63) is 34.5 Å². The Kier molecular flexibility index (Phi) is 2.24. The lowest BCUT2D eigenvalue weighted by Gasteiger charge is -2.06. The van der Waals surface area contributed by atoms with Crippen LogP contribution >= 0.6 is 11.6 Å².